The minimum absolute atomic E-state index is 0.0300. The van der Waals surface area contributed by atoms with Crippen LogP contribution in [0, 0.1) is 0 Å². The Hall–Kier alpha value is -1.90. The number of benzene rings is 2. The van der Waals surface area contributed by atoms with E-state index in [0.717, 1.165) is 4.31 Å². The lowest BCUT2D eigenvalue weighted by Crippen LogP contribution is -2.22. The summed E-state index contributed by atoms with van der Waals surface area (Å²) in [5, 5.41) is 0. The van der Waals surface area contributed by atoms with Gasteiger partial charge in [0.2, 0.25) is 20.0 Å². The van der Waals surface area contributed by atoms with Crippen LogP contribution >= 0.6 is 0 Å². The number of sulfonamides is 2. The zero-order chi connectivity index (χ0) is 17.1. The summed E-state index contributed by atoms with van der Waals surface area (Å²) in [4.78, 5) is 0.0300. The number of hydrogen-bond acceptors (Lipinski definition) is 4. The van der Waals surface area contributed by atoms with Crippen molar-refractivity contribution in [2.24, 2.45) is 0 Å². The van der Waals surface area contributed by atoms with Crippen molar-refractivity contribution < 1.29 is 16.8 Å². The highest BCUT2D eigenvalue weighted by molar-refractivity contribution is 7.92. The van der Waals surface area contributed by atoms with Crippen LogP contribution in [0.5, 0.6) is 0 Å². The van der Waals surface area contributed by atoms with Crippen molar-refractivity contribution in [2.45, 2.75) is 10.6 Å². The third kappa shape index (κ3) is 4.54. The molecule has 0 aliphatic rings. The molecule has 0 atom stereocenters. The zero-order valence-electron chi connectivity index (χ0n) is 12.8. The van der Waals surface area contributed by atoms with Crippen LogP contribution in [0.25, 0.3) is 0 Å². The number of nitrogens with one attached hydrogen (secondary N) is 1. The second kappa shape index (κ2) is 6.69. The molecule has 0 saturated carbocycles. The standard InChI is InChI=1S/C15H18N2O4S2/c1-17(2)23(20,21)15-10-6-9-14(11-15)16-22(18,19)12-13-7-4-3-5-8-13/h3-11,16H,12H2,1-2H3. The molecule has 124 valence electrons. The quantitative estimate of drug-likeness (QED) is 0.858. The molecular weight excluding hydrogens is 336 g/mol. The average Bonchev–Trinajstić information content (AvgIpc) is 2.47. The fraction of sp³-hybridized carbons (Fsp3) is 0.200. The van der Waals surface area contributed by atoms with Crippen LogP contribution in [-0.4, -0.2) is 35.2 Å². The van der Waals surface area contributed by atoms with E-state index in [1.807, 2.05) is 0 Å². The van der Waals surface area contributed by atoms with Crippen LogP contribution < -0.4 is 4.72 Å². The Morgan fingerprint density at radius 1 is 0.913 bits per heavy atom. The summed E-state index contributed by atoms with van der Waals surface area (Å²) in [6.07, 6.45) is 0. The predicted molar refractivity (Wildman–Crippen MR) is 90.0 cm³/mol. The Bertz CT molecular complexity index is 877. The fourth-order valence-corrected chi connectivity index (χ4v) is 4.08. The van der Waals surface area contributed by atoms with E-state index < -0.39 is 20.0 Å². The molecule has 6 nitrogen and oxygen atoms in total. The SMILES string of the molecule is CN(C)S(=O)(=O)c1cccc(NS(=O)(=O)Cc2ccccc2)c1. The molecule has 0 amide bonds. The van der Waals surface area contributed by atoms with Crippen LogP contribution in [-0.2, 0) is 25.8 Å². The van der Waals surface area contributed by atoms with Crippen LogP contribution in [0.1, 0.15) is 5.56 Å². The maximum Gasteiger partial charge on any atom is 0.242 e. The normalized spacial score (nSPS) is 12.3. The third-order valence-corrected chi connectivity index (χ3v) is 6.16. The van der Waals surface area contributed by atoms with Gasteiger partial charge in [-0.05, 0) is 23.8 Å². The third-order valence-electron chi connectivity index (χ3n) is 3.09. The van der Waals surface area contributed by atoms with Gasteiger partial charge < -0.3 is 0 Å². The highest BCUT2D eigenvalue weighted by Gasteiger charge is 2.18. The second-order valence-electron chi connectivity index (χ2n) is 5.16. The van der Waals surface area contributed by atoms with Gasteiger partial charge in [-0.25, -0.2) is 21.1 Å². The average molecular weight is 354 g/mol. The lowest BCUT2D eigenvalue weighted by Gasteiger charge is -2.13. The van der Waals surface area contributed by atoms with Gasteiger partial charge in [0.15, 0.2) is 0 Å². The van der Waals surface area contributed by atoms with E-state index in [-0.39, 0.29) is 16.3 Å². The number of rotatable bonds is 6. The lowest BCUT2D eigenvalue weighted by atomic mass is 10.2. The Morgan fingerprint density at radius 2 is 1.57 bits per heavy atom. The van der Waals surface area contributed by atoms with E-state index in [0.29, 0.717) is 5.56 Å². The molecule has 0 aliphatic heterocycles. The van der Waals surface area contributed by atoms with Gasteiger partial charge in [-0.15, -0.1) is 0 Å². The van der Waals surface area contributed by atoms with E-state index in [4.69, 9.17) is 0 Å². The molecule has 0 fully saturated rings. The summed E-state index contributed by atoms with van der Waals surface area (Å²) in [5.41, 5.74) is 0.862. The minimum Gasteiger partial charge on any atom is -0.283 e. The van der Waals surface area contributed by atoms with Crippen molar-refractivity contribution in [1.29, 1.82) is 0 Å². The Morgan fingerprint density at radius 3 is 2.17 bits per heavy atom. The largest absolute Gasteiger partial charge is 0.283 e. The second-order valence-corrected chi connectivity index (χ2v) is 9.04. The first-order chi connectivity index (χ1) is 10.7. The van der Waals surface area contributed by atoms with Crippen LogP contribution in [0.15, 0.2) is 59.5 Å². The van der Waals surface area contributed by atoms with Gasteiger partial charge in [-0.1, -0.05) is 36.4 Å². The Balaban J connectivity index is 2.24. The molecule has 0 saturated heterocycles. The summed E-state index contributed by atoms with van der Waals surface area (Å²) in [6.45, 7) is 0. The lowest BCUT2D eigenvalue weighted by molar-refractivity contribution is 0.520. The van der Waals surface area contributed by atoms with Gasteiger partial charge >= 0.3 is 0 Å². The fourth-order valence-electron chi connectivity index (χ4n) is 1.94. The summed E-state index contributed by atoms with van der Waals surface area (Å²) >= 11 is 0. The number of hydrogen-bond donors (Lipinski definition) is 1. The smallest absolute Gasteiger partial charge is 0.242 e. The molecule has 0 aromatic heterocycles. The topological polar surface area (TPSA) is 83.6 Å². The van der Waals surface area contributed by atoms with E-state index >= 15 is 0 Å². The van der Waals surface area contributed by atoms with E-state index in [2.05, 4.69) is 4.72 Å². The monoisotopic (exact) mass is 354 g/mol. The molecule has 2 rings (SSSR count). The molecule has 0 bridgehead atoms. The Labute approximate surface area is 136 Å². The van der Waals surface area contributed by atoms with Crippen molar-refractivity contribution >= 4 is 25.7 Å². The summed E-state index contributed by atoms with van der Waals surface area (Å²) in [7, 11) is -4.41. The van der Waals surface area contributed by atoms with Gasteiger partial charge in [-0.3, -0.25) is 4.72 Å². The first kappa shape index (κ1) is 17.5. The highest BCUT2D eigenvalue weighted by Crippen LogP contribution is 2.19. The molecule has 2 aromatic carbocycles. The van der Waals surface area contributed by atoms with Gasteiger partial charge in [-0.2, -0.15) is 0 Å². The first-order valence-corrected chi connectivity index (χ1v) is 9.87. The van der Waals surface area contributed by atoms with Gasteiger partial charge in [0.1, 0.15) is 0 Å². The van der Waals surface area contributed by atoms with E-state index in [9.17, 15) is 16.8 Å². The van der Waals surface area contributed by atoms with Crippen molar-refractivity contribution in [3.63, 3.8) is 0 Å². The molecule has 0 aliphatic carbocycles. The van der Waals surface area contributed by atoms with Crippen LogP contribution in [0.3, 0.4) is 0 Å². The van der Waals surface area contributed by atoms with Crippen molar-refractivity contribution in [2.75, 3.05) is 18.8 Å². The van der Waals surface area contributed by atoms with E-state index in [1.54, 1.807) is 30.3 Å². The van der Waals surface area contributed by atoms with Crippen molar-refractivity contribution in [3.05, 3.63) is 60.2 Å². The van der Waals surface area contributed by atoms with Crippen LogP contribution in [0.4, 0.5) is 5.69 Å². The van der Waals surface area contributed by atoms with Crippen molar-refractivity contribution in [3.8, 4) is 0 Å². The molecule has 0 heterocycles. The Kier molecular flexibility index (Phi) is 5.08. The molecular formula is C15H18N2O4S2. The van der Waals surface area contributed by atoms with E-state index in [1.165, 1.54) is 38.4 Å². The maximum atomic E-state index is 12.2. The summed E-state index contributed by atoms with van der Waals surface area (Å²) < 4.78 is 52.0. The zero-order valence-corrected chi connectivity index (χ0v) is 14.4. The maximum absolute atomic E-state index is 12.2. The molecule has 1 N–H and O–H groups in total. The molecule has 2 aromatic rings. The van der Waals surface area contributed by atoms with Gasteiger partial charge in [0.05, 0.1) is 10.6 Å². The minimum atomic E-state index is -3.63. The van der Waals surface area contributed by atoms with Gasteiger partial charge in [0, 0.05) is 19.8 Å². The summed E-state index contributed by atoms with van der Waals surface area (Å²) in [5.74, 6) is -0.182. The first-order valence-electron chi connectivity index (χ1n) is 6.78. The number of anilines is 1. The molecule has 8 heteroatoms. The van der Waals surface area contributed by atoms with Crippen molar-refractivity contribution in [1.82, 2.24) is 4.31 Å². The molecule has 0 unspecified atom stereocenters. The van der Waals surface area contributed by atoms with Gasteiger partial charge in [0.25, 0.3) is 0 Å². The predicted octanol–water partition coefficient (Wildman–Crippen LogP) is 1.88. The molecule has 23 heavy (non-hydrogen) atoms. The summed E-state index contributed by atoms with van der Waals surface area (Å²) in [6, 6.07) is 14.5. The molecule has 0 spiro atoms. The highest BCUT2D eigenvalue weighted by atomic mass is 32.2. The number of nitrogens with zero attached hydrogens (tertiary/aromatic N) is 1. The van der Waals surface area contributed by atoms with Crippen LogP contribution in [0.2, 0.25) is 0 Å². The molecule has 0 radical (unpaired) electrons.